The summed E-state index contributed by atoms with van der Waals surface area (Å²) in [4.78, 5) is 13.6. The van der Waals surface area contributed by atoms with E-state index in [4.69, 9.17) is 10.00 Å². The number of aromatic nitrogens is 2. The van der Waals surface area contributed by atoms with Gasteiger partial charge in [0.2, 0.25) is 0 Å². The van der Waals surface area contributed by atoms with Crippen molar-refractivity contribution in [3.8, 4) is 6.07 Å². The molecule has 1 aliphatic rings. The Morgan fingerprint density at radius 2 is 2.32 bits per heavy atom. The van der Waals surface area contributed by atoms with Gasteiger partial charge in [-0.15, -0.1) is 0 Å². The summed E-state index contributed by atoms with van der Waals surface area (Å²) >= 11 is 0. The maximum atomic E-state index is 12.0. The van der Waals surface area contributed by atoms with Crippen molar-refractivity contribution < 1.29 is 9.53 Å². The Kier molecular flexibility index (Phi) is 3.23. The molecular formula is C13H18N4O2. The van der Waals surface area contributed by atoms with Crippen molar-refractivity contribution in [2.75, 3.05) is 7.05 Å². The number of hydrogen-bond acceptors (Lipinski definition) is 4. The van der Waals surface area contributed by atoms with Gasteiger partial charge in [-0.25, -0.2) is 4.79 Å². The van der Waals surface area contributed by atoms with Crippen molar-refractivity contribution in [1.82, 2.24) is 14.7 Å². The van der Waals surface area contributed by atoms with E-state index in [9.17, 15) is 4.79 Å². The molecular weight excluding hydrogens is 244 g/mol. The smallest absolute Gasteiger partial charge is 0.410 e. The normalized spacial score (nSPS) is 17.7. The Morgan fingerprint density at radius 1 is 1.63 bits per heavy atom. The molecule has 1 aromatic heterocycles. The second-order valence-corrected chi connectivity index (χ2v) is 5.69. The van der Waals surface area contributed by atoms with Crippen LogP contribution in [0.2, 0.25) is 0 Å². The molecule has 0 spiro atoms. The average Bonchev–Trinajstić information content (AvgIpc) is 2.84. The molecule has 0 N–H and O–H groups in total. The lowest BCUT2D eigenvalue weighted by atomic mass is 10.1. The van der Waals surface area contributed by atoms with Crippen molar-refractivity contribution in [1.29, 1.82) is 5.26 Å². The van der Waals surface area contributed by atoms with Crippen LogP contribution < -0.4 is 0 Å². The zero-order valence-corrected chi connectivity index (χ0v) is 11.7. The van der Waals surface area contributed by atoms with E-state index in [1.54, 1.807) is 22.7 Å². The second-order valence-electron chi connectivity index (χ2n) is 5.69. The molecule has 0 saturated carbocycles. The highest BCUT2D eigenvalue weighted by Gasteiger charge is 2.32. The number of hydrogen-bond donors (Lipinski definition) is 0. The molecule has 0 saturated heterocycles. The van der Waals surface area contributed by atoms with Crippen LogP contribution in [0.5, 0.6) is 0 Å². The van der Waals surface area contributed by atoms with Crippen molar-refractivity contribution in [2.45, 2.75) is 45.4 Å². The summed E-state index contributed by atoms with van der Waals surface area (Å²) in [5.74, 6) is 0. The first-order valence-electron chi connectivity index (χ1n) is 6.25. The Labute approximate surface area is 112 Å². The number of carbonyl (C=O) groups excluding carboxylic acids is 1. The van der Waals surface area contributed by atoms with Gasteiger partial charge in [-0.3, -0.25) is 4.68 Å². The van der Waals surface area contributed by atoms with Crippen LogP contribution in [0.4, 0.5) is 4.79 Å². The first-order valence-corrected chi connectivity index (χ1v) is 6.25. The van der Waals surface area contributed by atoms with E-state index in [2.05, 4.69) is 5.10 Å². The highest BCUT2D eigenvalue weighted by Crippen LogP contribution is 2.31. The summed E-state index contributed by atoms with van der Waals surface area (Å²) in [6, 6.07) is 3.67. The Bertz CT molecular complexity index is 536. The van der Waals surface area contributed by atoms with Gasteiger partial charge in [0.15, 0.2) is 5.69 Å². The quantitative estimate of drug-likeness (QED) is 0.776. The van der Waals surface area contributed by atoms with Gasteiger partial charge in [-0.1, -0.05) is 0 Å². The molecule has 1 amide bonds. The van der Waals surface area contributed by atoms with E-state index in [0.29, 0.717) is 5.69 Å². The monoisotopic (exact) mass is 262 g/mol. The van der Waals surface area contributed by atoms with Gasteiger partial charge >= 0.3 is 6.09 Å². The van der Waals surface area contributed by atoms with E-state index in [-0.39, 0.29) is 12.1 Å². The zero-order chi connectivity index (χ0) is 14.2. The topological polar surface area (TPSA) is 71.2 Å². The summed E-state index contributed by atoms with van der Waals surface area (Å²) in [5.41, 5.74) is 0.768. The Morgan fingerprint density at radius 3 is 2.89 bits per heavy atom. The molecule has 1 aliphatic heterocycles. The fraction of sp³-hybridized carbons (Fsp3) is 0.615. The molecule has 1 aromatic rings. The van der Waals surface area contributed by atoms with Gasteiger partial charge in [-0.2, -0.15) is 10.4 Å². The summed E-state index contributed by atoms with van der Waals surface area (Å²) in [6.45, 7) is 6.23. The van der Waals surface area contributed by atoms with Gasteiger partial charge in [0, 0.05) is 13.6 Å². The predicted molar refractivity (Wildman–Crippen MR) is 68.3 cm³/mol. The number of aryl methyl sites for hydroxylation is 1. The van der Waals surface area contributed by atoms with Gasteiger partial charge in [0.25, 0.3) is 0 Å². The maximum Gasteiger partial charge on any atom is 0.410 e. The molecule has 0 aliphatic carbocycles. The van der Waals surface area contributed by atoms with Gasteiger partial charge in [0.05, 0.1) is 11.7 Å². The van der Waals surface area contributed by atoms with Crippen LogP contribution in [-0.4, -0.2) is 33.4 Å². The third kappa shape index (κ3) is 2.70. The summed E-state index contributed by atoms with van der Waals surface area (Å²) in [6.07, 6.45) is 0.440. The highest BCUT2D eigenvalue weighted by molar-refractivity contribution is 5.68. The van der Waals surface area contributed by atoms with Crippen molar-refractivity contribution >= 4 is 6.09 Å². The minimum Gasteiger partial charge on any atom is -0.444 e. The van der Waals surface area contributed by atoms with E-state index in [0.717, 1.165) is 18.7 Å². The number of nitriles is 1. The van der Waals surface area contributed by atoms with E-state index in [1.165, 1.54) is 0 Å². The molecule has 2 rings (SSSR count). The molecule has 6 heteroatoms. The van der Waals surface area contributed by atoms with Crippen LogP contribution in [-0.2, 0) is 11.3 Å². The summed E-state index contributed by atoms with van der Waals surface area (Å²) in [7, 11) is 1.72. The van der Waals surface area contributed by atoms with Crippen LogP contribution in [0.25, 0.3) is 0 Å². The minimum absolute atomic E-state index is 0.0792. The average molecular weight is 262 g/mol. The van der Waals surface area contributed by atoms with Gasteiger partial charge in [-0.05, 0) is 33.3 Å². The number of fused-ring (bicyclic) bond motifs is 1. The molecule has 0 unspecified atom stereocenters. The van der Waals surface area contributed by atoms with Crippen LogP contribution in [0, 0.1) is 11.3 Å². The molecule has 0 fully saturated rings. The lowest BCUT2D eigenvalue weighted by Gasteiger charge is -2.28. The first kappa shape index (κ1) is 13.4. The number of nitrogens with zero attached hydrogens (tertiary/aromatic N) is 4. The van der Waals surface area contributed by atoms with Crippen LogP contribution in [0.15, 0.2) is 6.07 Å². The SMILES string of the molecule is CN(C(=O)OC(C)(C)C)[C@H]1CCn2nc(C#N)cc21. The van der Waals surface area contributed by atoms with Crippen LogP contribution >= 0.6 is 0 Å². The fourth-order valence-electron chi connectivity index (χ4n) is 2.18. The number of amides is 1. The third-order valence-electron chi connectivity index (χ3n) is 3.03. The van der Waals surface area contributed by atoms with E-state index < -0.39 is 5.60 Å². The van der Waals surface area contributed by atoms with Crippen LogP contribution in [0.3, 0.4) is 0 Å². The maximum absolute atomic E-state index is 12.0. The molecule has 0 aromatic carbocycles. The molecule has 102 valence electrons. The standard InChI is InChI=1S/C13H18N4O2/c1-13(2,3)19-12(18)16(4)10-5-6-17-11(10)7-9(8-14)15-17/h7,10H,5-6H2,1-4H3/t10-/m0/s1. The molecule has 2 heterocycles. The molecule has 6 nitrogen and oxygen atoms in total. The number of rotatable bonds is 1. The summed E-state index contributed by atoms with van der Waals surface area (Å²) in [5, 5.41) is 13.0. The van der Waals surface area contributed by atoms with Crippen molar-refractivity contribution in [3.63, 3.8) is 0 Å². The van der Waals surface area contributed by atoms with E-state index >= 15 is 0 Å². The molecule has 19 heavy (non-hydrogen) atoms. The molecule has 1 atom stereocenters. The third-order valence-corrected chi connectivity index (χ3v) is 3.03. The number of ether oxygens (including phenoxy) is 1. The lowest BCUT2D eigenvalue weighted by Crippen LogP contribution is -2.36. The molecule has 0 radical (unpaired) electrons. The van der Waals surface area contributed by atoms with Crippen LogP contribution in [0.1, 0.15) is 44.6 Å². The summed E-state index contributed by atoms with van der Waals surface area (Å²) < 4.78 is 7.13. The predicted octanol–water partition coefficient (Wildman–Crippen LogP) is 2.07. The first-order chi connectivity index (χ1) is 8.81. The van der Waals surface area contributed by atoms with Crippen molar-refractivity contribution in [2.24, 2.45) is 0 Å². The fourth-order valence-corrected chi connectivity index (χ4v) is 2.18. The highest BCUT2D eigenvalue weighted by atomic mass is 16.6. The van der Waals surface area contributed by atoms with Crippen molar-refractivity contribution in [3.05, 3.63) is 17.5 Å². The Balaban J connectivity index is 2.15. The zero-order valence-electron chi connectivity index (χ0n) is 11.7. The minimum atomic E-state index is -0.512. The van der Waals surface area contributed by atoms with E-state index in [1.807, 2.05) is 26.8 Å². The Hall–Kier alpha value is -2.03. The second kappa shape index (κ2) is 4.57. The lowest BCUT2D eigenvalue weighted by molar-refractivity contribution is 0.0220. The molecule has 0 bridgehead atoms. The van der Waals surface area contributed by atoms with Gasteiger partial charge < -0.3 is 9.64 Å². The largest absolute Gasteiger partial charge is 0.444 e. The number of carbonyl (C=O) groups is 1. The van der Waals surface area contributed by atoms with Gasteiger partial charge in [0.1, 0.15) is 11.7 Å².